The number of hydrogen-bond donors (Lipinski definition) is 0. The van der Waals surface area contributed by atoms with E-state index in [0.717, 1.165) is 17.0 Å². The number of benzene rings is 1. The van der Waals surface area contributed by atoms with E-state index in [9.17, 15) is 19.3 Å². The predicted molar refractivity (Wildman–Crippen MR) is 91.6 cm³/mol. The van der Waals surface area contributed by atoms with Crippen molar-refractivity contribution in [2.24, 2.45) is 0 Å². The van der Waals surface area contributed by atoms with E-state index in [1.807, 2.05) is 0 Å². The van der Waals surface area contributed by atoms with Gasteiger partial charge in [0.2, 0.25) is 0 Å². The molecule has 1 aliphatic heterocycles. The monoisotopic (exact) mass is 409 g/mol. The molecule has 7 nitrogen and oxygen atoms in total. The van der Waals surface area contributed by atoms with Crippen LogP contribution in [0, 0.1) is 22.9 Å². The van der Waals surface area contributed by atoms with Crippen molar-refractivity contribution in [2.75, 3.05) is 4.90 Å². The third-order valence-corrected chi connectivity index (χ3v) is 4.19. The number of ether oxygens (including phenoxy) is 1. The summed E-state index contributed by atoms with van der Waals surface area (Å²) in [6.45, 7) is 4.75. The molecule has 0 radical (unpaired) electrons. The molecule has 0 saturated carbocycles. The summed E-state index contributed by atoms with van der Waals surface area (Å²) in [5.41, 5.74) is -1.35. The summed E-state index contributed by atoms with van der Waals surface area (Å²) in [5, 5.41) is 11.0. The first-order chi connectivity index (χ1) is 11.6. The van der Waals surface area contributed by atoms with E-state index >= 15 is 0 Å². The number of non-ortho nitro benzene ring substituents is 1. The van der Waals surface area contributed by atoms with Crippen LogP contribution in [0.5, 0.6) is 5.75 Å². The molecule has 130 valence electrons. The van der Waals surface area contributed by atoms with E-state index in [-0.39, 0.29) is 17.3 Å². The molecule has 9 heteroatoms. The molecule has 1 aromatic carbocycles. The molecular weight excluding hydrogens is 397 g/mol. The number of amides is 1. The number of aromatic nitrogens is 1. The SMILES string of the molecule is Cc1cc(Br)cnc1N1C(=O)C(C)(C)Oc2cc([N+](=O)[O-])cc(F)c21. The van der Waals surface area contributed by atoms with Crippen LogP contribution in [-0.4, -0.2) is 21.4 Å². The van der Waals surface area contributed by atoms with Crippen molar-refractivity contribution in [3.63, 3.8) is 0 Å². The van der Waals surface area contributed by atoms with Gasteiger partial charge in [0, 0.05) is 10.7 Å². The lowest BCUT2D eigenvalue weighted by atomic mass is 10.0. The van der Waals surface area contributed by atoms with Crippen LogP contribution in [0.15, 0.2) is 28.9 Å². The molecule has 0 bridgehead atoms. The summed E-state index contributed by atoms with van der Waals surface area (Å²) in [6, 6.07) is 3.60. The van der Waals surface area contributed by atoms with Gasteiger partial charge >= 0.3 is 0 Å². The van der Waals surface area contributed by atoms with E-state index in [0.29, 0.717) is 10.0 Å². The average molecular weight is 410 g/mol. The minimum Gasteiger partial charge on any atom is -0.475 e. The molecule has 0 aliphatic carbocycles. The second-order valence-corrected chi connectivity index (χ2v) is 6.99. The number of nitro groups is 1. The molecule has 1 aromatic heterocycles. The Kier molecular flexibility index (Phi) is 3.98. The molecule has 0 atom stereocenters. The fourth-order valence-electron chi connectivity index (χ4n) is 2.62. The molecular formula is C16H13BrFN3O4. The van der Waals surface area contributed by atoms with Crippen molar-refractivity contribution in [2.45, 2.75) is 26.4 Å². The van der Waals surface area contributed by atoms with E-state index in [2.05, 4.69) is 20.9 Å². The van der Waals surface area contributed by atoms with E-state index in [1.165, 1.54) is 20.0 Å². The van der Waals surface area contributed by atoms with Gasteiger partial charge in [-0.2, -0.15) is 0 Å². The van der Waals surface area contributed by atoms with Crippen LogP contribution < -0.4 is 9.64 Å². The second kappa shape index (κ2) is 5.76. The summed E-state index contributed by atoms with van der Waals surface area (Å²) in [7, 11) is 0. The van der Waals surface area contributed by atoms with Crippen molar-refractivity contribution < 1.29 is 18.8 Å². The highest BCUT2D eigenvalue weighted by Crippen LogP contribution is 2.45. The maximum atomic E-state index is 14.6. The first-order valence-electron chi connectivity index (χ1n) is 7.25. The lowest BCUT2D eigenvalue weighted by Gasteiger charge is -2.38. The number of aryl methyl sites for hydroxylation is 1. The lowest BCUT2D eigenvalue weighted by Crippen LogP contribution is -2.51. The van der Waals surface area contributed by atoms with Crippen molar-refractivity contribution in [1.82, 2.24) is 4.98 Å². The van der Waals surface area contributed by atoms with Gasteiger partial charge in [0.15, 0.2) is 17.2 Å². The fourth-order valence-corrected chi connectivity index (χ4v) is 3.06. The van der Waals surface area contributed by atoms with Gasteiger partial charge in [-0.3, -0.25) is 19.8 Å². The van der Waals surface area contributed by atoms with E-state index < -0.39 is 27.9 Å². The standard InChI is InChI=1S/C16H13BrFN3O4/c1-8-4-9(17)7-19-14(8)20-13-11(18)5-10(21(23)24)6-12(13)25-16(2,3)15(20)22/h4-7H,1-3H3. The molecule has 25 heavy (non-hydrogen) atoms. The molecule has 1 amide bonds. The molecule has 0 N–H and O–H groups in total. The van der Waals surface area contributed by atoms with Crippen LogP contribution in [0.25, 0.3) is 0 Å². The Labute approximate surface area is 150 Å². The van der Waals surface area contributed by atoms with Crippen LogP contribution >= 0.6 is 15.9 Å². The number of hydrogen-bond acceptors (Lipinski definition) is 5. The van der Waals surface area contributed by atoms with Crippen molar-refractivity contribution >= 4 is 39.0 Å². The molecule has 2 heterocycles. The zero-order valence-electron chi connectivity index (χ0n) is 13.5. The molecule has 0 saturated heterocycles. The molecule has 2 aromatic rings. The number of carbonyl (C=O) groups excluding carboxylic acids is 1. The van der Waals surface area contributed by atoms with Gasteiger partial charge in [-0.15, -0.1) is 0 Å². The zero-order chi connectivity index (χ0) is 18.5. The Bertz CT molecular complexity index is 916. The normalized spacial score (nSPS) is 15.6. The average Bonchev–Trinajstić information content (AvgIpc) is 2.49. The first kappa shape index (κ1) is 17.3. The summed E-state index contributed by atoms with van der Waals surface area (Å²) in [5.74, 6) is -1.30. The van der Waals surface area contributed by atoms with Gasteiger partial charge in [-0.1, -0.05) is 0 Å². The predicted octanol–water partition coefficient (Wildman–Crippen LogP) is 4.04. The van der Waals surface area contributed by atoms with Crippen LogP contribution in [0.2, 0.25) is 0 Å². The molecule has 3 rings (SSSR count). The van der Waals surface area contributed by atoms with Crippen LogP contribution in [-0.2, 0) is 4.79 Å². The summed E-state index contributed by atoms with van der Waals surface area (Å²) >= 11 is 3.29. The number of rotatable bonds is 2. The Morgan fingerprint density at radius 1 is 1.36 bits per heavy atom. The zero-order valence-corrected chi connectivity index (χ0v) is 15.1. The number of nitro benzene ring substituents is 1. The number of halogens is 2. The summed E-state index contributed by atoms with van der Waals surface area (Å²) in [4.78, 5) is 28.5. The third-order valence-electron chi connectivity index (χ3n) is 3.76. The molecule has 0 spiro atoms. The summed E-state index contributed by atoms with van der Waals surface area (Å²) < 4.78 is 20.9. The quantitative estimate of drug-likeness (QED) is 0.551. The highest BCUT2D eigenvalue weighted by Gasteiger charge is 2.45. The van der Waals surface area contributed by atoms with Gasteiger partial charge < -0.3 is 4.74 Å². The smallest absolute Gasteiger partial charge is 0.276 e. The van der Waals surface area contributed by atoms with Crippen LogP contribution in [0.3, 0.4) is 0 Å². The first-order valence-corrected chi connectivity index (χ1v) is 8.05. The Balaban J connectivity index is 2.29. The lowest BCUT2D eigenvalue weighted by molar-refractivity contribution is -0.385. The minimum atomic E-state index is -1.34. The Hall–Kier alpha value is -2.55. The van der Waals surface area contributed by atoms with Gasteiger partial charge in [-0.25, -0.2) is 9.37 Å². The Morgan fingerprint density at radius 3 is 2.64 bits per heavy atom. The summed E-state index contributed by atoms with van der Waals surface area (Å²) in [6.07, 6.45) is 1.49. The van der Waals surface area contributed by atoms with Gasteiger partial charge in [0.05, 0.1) is 17.1 Å². The number of anilines is 2. The largest absolute Gasteiger partial charge is 0.475 e. The topological polar surface area (TPSA) is 85.6 Å². The van der Waals surface area contributed by atoms with E-state index in [1.54, 1.807) is 13.0 Å². The molecule has 1 aliphatic rings. The molecule has 0 unspecified atom stereocenters. The third kappa shape index (κ3) is 2.84. The maximum Gasteiger partial charge on any atom is 0.276 e. The Morgan fingerprint density at radius 2 is 2.04 bits per heavy atom. The van der Waals surface area contributed by atoms with Crippen molar-refractivity contribution in [1.29, 1.82) is 0 Å². The molecule has 0 fully saturated rings. The van der Waals surface area contributed by atoms with Gasteiger partial charge in [0.25, 0.3) is 11.6 Å². The number of pyridine rings is 1. The number of fused-ring (bicyclic) bond motifs is 1. The van der Waals surface area contributed by atoms with Crippen LogP contribution in [0.4, 0.5) is 21.6 Å². The highest BCUT2D eigenvalue weighted by molar-refractivity contribution is 9.10. The van der Waals surface area contributed by atoms with Crippen molar-refractivity contribution in [3.8, 4) is 5.75 Å². The van der Waals surface area contributed by atoms with Crippen LogP contribution in [0.1, 0.15) is 19.4 Å². The minimum absolute atomic E-state index is 0.0829. The van der Waals surface area contributed by atoms with Crippen molar-refractivity contribution in [3.05, 3.63) is 50.4 Å². The van der Waals surface area contributed by atoms with Gasteiger partial charge in [-0.05, 0) is 48.3 Å². The highest BCUT2D eigenvalue weighted by atomic mass is 79.9. The second-order valence-electron chi connectivity index (χ2n) is 6.08. The van der Waals surface area contributed by atoms with E-state index in [4.69, 9.17) is 4.74 Å². The maximum absolute atomic E-state index is 14.6. The number of nitrogens with zero attached hydrogens (tertiary/aromatic N) is 3. The fraction of sp³-hybridized carbons (Fsp3) is 0.250. The van der Waals surface area contributed by atoms with Gasteiger partial charge in [0.1, 0.15) is 11.5 Å². The number of carbonyl (C=O) groups is 1.